The van der Waals surface area contributed by atoms with E-state index in [4.69, 9.17) is 11.6 Å². The highest BCUT2D eigenvalue weighted by Crippen LogP contribution is 2.18. The SMILES string of the molecule is Cc1sc(=O)n(CCC(=O)N2CCCN(C(=O)c3ccccc3Cl)CC2)c1C. The third-order valence-electron chi connectivity index (χ3n) is 5.16. The summed E-state index contributed by atoms with van der Waals surface area (Å²) in [6.45, 7) is 6.39. The van der Waals surface area contributed by atoms with E-state index in [1.54, 1.807) is 38.6 Å². The lowest BCUT2D eigenvalue weighted by Crippen LogP contribution is -2.38. The van der Waals surface area contributed by atoms with Crippen LogP contribution in [0.3, 0.4) is 0 Å². The van der Waals surface area contributed by atoms with Crippen LogP contribution in [-0.2, 0) is 11.3 Å². The molecule has 2 heterocycles. The molecule has 0 unspecified atom stereocenters. The highest BCUT2D eigenvalue weighted by Gasteiger charge is 2.24. The van der Waals surface area contributed by atoms with E-state index in [0.29, 0.717) is 43.3 Å². The lowest BCUT2D eigenvalue weighted by atomic mass is 10.2. The summed E-state index contributed by atoms with van der Waals surface area (Å²) in [7, 11) is 0. The Morgan fingerprint density at radius 2 is 1.75 bits per heavy atom. The fourth-order valence-corrected chi connectivity index (χ4v) is 4.46. The van der Waals surface area contributed by atoms with Crippen molar-refractivity contribution in [1.29, 1.82) is 0 Å². The molecule has 1 aromatic heterocycles. The summed E-state index contributed by atoms with van der Waals surface area (Å²) < 4.78 is 1.67. The van der Waals surface area contributed by atoms with Crippen molar-refractivity contribution in [2.45, 2.75) is 33.2 Å². The van der Waals surface area contributed by atoms with Gasteiger partial charge in [-0.05, 0) is 32.4 Å². The van der Waals surface area contributed by atoms with Crippen LogP contribution in [0.4, 0.5) is 0 Å². The van der Waals surface area contributed by atoms with E-state index in [-0.39, 0.29) is 23.1 Å². The summed E-state index contributed by atoms with van der Waals surface area (Å²) in [5.41, 5.74) is 1.42. The third kappa shape index (κ3) is 4.47. The molecule has 0 saturated carbocycles. The number of aromatic nitrogens is 1. The van der Waals surface area contributed by atoms with Gasteiger partial charge in [0.1, 0.15) is 0 Å². The van der Waals surface area contributed by atoms with Crippen LogP contribution in [0.1, 0.15) is 33.8 Å². The van der Waals surface area contributed by atoms with Crippen LogP contribution < -0.4 is 4.87 Å². The van der Waals surface area contributed by atoms with Crippen molar-refractivity contribution in [1.82, 2.24) is 14.4 Å². The lowest BCUT2D eigenvalue weighted by Gasteiger charge is -2.22. The minimum Gasteiger partial charge on any atom is -0.341 e. The van der Waals surface area contributed by atoms with Crippen molar-refractivity contribution < 1.29 is 9.59 Å². The van der Waals surface area contributed by atoms with Gasteiger partial charge in [-0.15, -0.1) is 0 Å². The smallest absolute Gasteiger partial charge is 0.307 e. The number of halogens is 1. The number of hydrogen-bond donors (Lipinski definition) is 0. The van der Waals surface area contributed by atoms with Crippen LogP contribution in [0.5, 0.6) is 0 Å². The molecule has 150 valence electrons. The Balaban J connectivity index is 1.59. The van der Waals surface area contributed by atoms with Gasteiger partial charge in [0.05, 0.1) is 10.6 Å². The van der Waals surface area contributed by atoms with Gasteiger partial charge in [0.15, 0.2) is 0 Å². The molecule has 28 heavy (non-hydrogen) atoms. The first-order valence-electron chi connectivity index (χ1n) is 9.37. The number of benzene rings is 1. The number of carbonyl (C=O) groups excluding carboxylic acids is 2. The molecule has 1 saturated heterocycles. The molecule has 6 nitrogen and oxygen atoms in total. The maximum atomic E-state index is 12.7. The van der Waals surface area contributed by atoms with Crippen LogP contribution in [-0.4, -0.2) is 52.4 Å². The largest absolute Gasteiger partial charge is 0.341 e. The fourth-order valence-electron chi connectivity index (χ4n) is 3.39. The van der Waals surface area contributed by atoms with Gasteiger partial charge < -0.3 is 14.4 Å². The summed E-state index contributed by atoms with van der Waals surface area (Å²) >= 11 is 7.36. The minimum absolute atomic E-state index is 0.0159. The second-order valence-corrected chi connectivity index (χ2v) is 8.49. The predicted octanol–water partition coefficient (Wildman–Crippen LogP) is 2.94. The van der Waals surface area contributed by atoms with Crippen LogP contribution >= 0.6 is 22.9 Å². The molecule has 0 bridgehead atoms. The zero-order valence-corrected chi connectivity index (χ0v) is 17.7. The predicted molar refractivity (Wildman–Crippen MR) is 111 cm³/mol. The van der Waals surface area contributed by atoms with E-state index in [9.17, 15) is 14.4 Å². The van der Waals surface area contributed by atoms with Crippen LogP contribution in [0, 0.1) is 13.8 Å². The van der Waals surface area contributed by atoms with E-state index < -0.39 is 0 Å². The minimum atomic E-state index is -0.101. The van der Waals surface area contributed by atoms with Gasteiger partial charge >= 0.3 is 4.87 Å². The summed E-state index contributed by atoms with van der Waals surface area (Å²) in [4.78, 5) is 41.9. The summed E-state index contributed by atoms with van der Waals surface area (Å²) in [5, 5.41) is 0.441. The molecule has 0 aliphatic carbocycles. The Morgan fingerprint density at radius 1 is 1.07 bits per heavy atom. The first kappa shape index (κ1) is 20.6. The molecule has 0 N–H and O–H groups in total. The van der Waals surface area contributed by atoms with Gasteiger partial charge in [-0.1, -0.05) is 35.1 Å². The van der Waals surface area contributed by atoms with Crippen LogP contribution in [0.25, 0.3) is 0 Å². The summed E-state index contributed by atoms with van der Waals surface area (Å²) in [5.74, 6) is -0.0852. The first-order valence-corrected chi connectivity index (χ1v) is 10.6. The Bertz CT molecular complexity index is 937. The Hall–Kier alpha value is -2.12. The van der Waals surface area contributed by atoms with Gasteiger partial charge in [-0.2, -0.15) is 0 Å². The molecule has 0 atom stereocenters. The van der Waals surface area contributed by atoms with Crippen molar-refractivity contribution in [2.24, 2.45) is 0 Å². The van der Waals surface area contributed by atoms with Gasteiger partial charge in [0.2, 0.25) is 5.91 Å². The summed E-state index contributed by atoms with van der Waals surface area (Å²) in [6.07, 6.45) is 1.01. The van der Waals surface area contributed by atoms with E-state index in [2.05, 4.69) is 0 Å². The molecule has 1 aliphatic heterocycles. The average molecular weight is 422 g/mol. The third-order valence-corrected chi connectivity index (χ3v) is 6.49. The first-order chi connectivity index (χ1) is 13.4. The lowest BCUT2D eigenvalue weighted by molar-refractivity contribution is -0.131. The van der Waals surface area contributed by atoms with E-state index in [1.165, 1.54) is 11.3 Å². The fraction of sp³-hybridized carbons (Fsp3) is 0.450. The monoisotopic (exact) mass is 421 g/mol. The molecule has 1 fully saturated rings. The van der Waals surface area contributed by atoms with Crippen LogP contribution in [0.2, 0.25) is 5.02 Å². The van der Waals surface area contributed by atoms with Crippen molar-refractivity contribution in [2.75, 3.05) is 26.2 Å². The van der Waals surface area contributed by atoms with E-state index in [0.717, 1.165) is 17.0 Å². The Morgan fingerprint density at radius 3 is 2.43 bits per heavy atom. The average Bonchev–Trinajstić information content (AvgIpc) is 2.85. The number of rotatable bonds is 4. The number of thiazole rings is 1. The maximum Gasteiger partial charge on any atom is 0.307 e. The van der Waals surface area contributed by atoms with Crippen molar-refractivity contribution in [3.05, 3.63) is 55.1 Å². The van der Waals surface area contributed by atoms with E-state index >= 15 is 0 Å². The Kier molecular flexibility index (Phi) is 6.57. The molecule has 8 heteroatoms. The van der Waals surface area contributed by atoms with Crippen molar-refractivity contribution in [3.63, 3.8) is 0 Å². The molecule has 2 amide bonds. The second-order valence-electron chi connectivity index (χ2n) is 6.92. The zero-order chi connectivity index (χ0) is 20.3. The van der Waals surface area contributed by atoms with Gasteiger partial charge in [0, 0.05) is 49.7 Å². The quantitative estimate of drug-likeness (QED) is 0.762. The van der Waals surface area contributed by atoms with Gasteiger partial charge in [0.25, 0.3) is 5.91 Å². The second kappa shape index (κ2) is 8.92. The number of carbonyl (C=O) groups is 2. The number of hydrogen-bond acceptors (Lipinski definition) is 4. The molecule has 3 rings (SSSR count). The van der Waals surface area contributed by atoms with Gasteiger partial charge in [-0.25, -0.2) is 0 Å². The standard InChI is InChI=1S/C20H24ClN3O3S/c1-14-15(2)28-20(27)24(14)11-8-18(25)22-9-5-10-23(13-12-22)19(26)16-6-3-4-7-17(16)21/h3-4,6-7H,5,8-13H2,1-2H3. The number of amides is 2. The van der Waals surface area contributed by atoms with Gasteiger partial charge in [-0.3, -0.25) is 14.4 Å². The highest BCUT2D eigenvalue weighted by atomic mass is 35.5. The molecule has 1 aromatic carbocycles. The molecular weight excluding hydrogens is 398 g/mol. The van der Waals surface area contributed by atoms with Crippen LogP contribution in [0.15, 0.2) is 29.1 Å². The normalized spacial score (nSPS) is 14.8. The number of nitrogens with zero attached hydrogens (tertiary/aromatic N) is 3. The van der Waals surface area contributed by atoms with Crippen molar-refractivity contribution in [3.8, 4) is 0 Å². The molecule has 0 radical (unpaired) electrons. The molecule has 1 aliphatic rings. The molecule has 0 spiro atoms. The topological polar surface area (TPSA) is 62.6 Å². The molecular formula is C20H24ClN3O3S. The van der Waals surface area contributed by atoms with Crippen molar-refractivity contribution >= 4 is 34.8 Å². The number of aryl methyl sites for hydroxylation is 1. The molecule has 2 aromatic rings. The van der Waals surface area contributed by atoms with E-state index in [1.807, 2.05) is 13.8 Å². The summed E-state index contributed by atoms with van der Waals surface area (Å²) in [6, 6.07) is 7.02. The maximum absolute atomic E-state index is 12.7. The highest BCUT2D eigenvalue weighted by molar-refractivity contribution is 7.09. The zero-order valence-electron chi connectivity index (χ0n) is 16.1. The Labute approximate surface area is 173 Å².